The van der Waals surface area contributed by atoms with Crippen LogP contribution in [0.4, 0.5) is 5.95 Å². The first-order valence-electron chi connectivity index (χ1n) is 3.89. The Morgan fingerprint density at radius 2 is 2.31 bits per heavy atom. The summed E-state index contributed by atoms with van der Waals surface area (Å²) in [6, 6.07) is 1.82. The van der Waals surface area contributed by atoms with Gasteiger partial charge in [0.05, 0.1) is 0 Å². The van der Waals surface area contributed by atoms with Crippen LogP contribution in [0.5, 0.6) is 0 Å². The quantitative estimate of drug-likeness (QED) is 0.730. The number of hydrogen-bond donors (Lipinski definition) is 1. The van der Waals surface area contributed by atoms with Crippen LogP contribution in [0.3, 0.4) is 0 Å². The minimum atomic E-state index is 0.603. The fourth-order valence-electron chi connectivity index (χ4n) is 1.01. The van der Waals surface area contributed by atoms with Gasteiger partial charge in [0.1, 0.15) is 12.1 Å². The van der Waals surface area contributed by atoms with Gasteiger partial charge < -0.3 is 5.32 Å². The highest BCUT2D eigenvalue weighted by molar-refractivity contribution is 5.30. The maximum absolute atomic E-state index is 4.23. The number of anilines is 1. The van der Waals surface area contributed by atoms with E-state index in [0.717, 1.165) is 5.82 Å². The van der Waals surface area contributed by atoms with Crippen molar-refractivity contribution in [2.24, 2.45) is 0 Å². The van der Waals surface area contributed by atoms with Gasteiger partial charge in [-0.25, -0.2) is 9.97 Å². The highest BCUT2D eigenvalue weighted by Crippen LogP contribution is 2.04. The van der Waals surface area contributed by atoms with Gasteiger partial charge in [0.2, 0.25) is 5.95 Å². The van der Waals surface area contributed by atoms with Crippen LogP contribution in [-0.2, 0) is 0 Å². The molecule has 13 heavy (non-hydrogen) atoms. The first-order valence-corrected chi connectivity index (χ1v) is 3.89. The Bertz CT molecular complexity index is 381. The monoisotopic (exact) mass is 175 g/mol. The van der Waals surface area contributed by atoms with Crippen LogP contribution in [-0.4, -0.2) is 26.6 Å². The Balaban J connectivity index is 2.41. The van der Waals surface area contributed by atoms with Crippen molar-refractivity contribution in [3.63, 3.8) is 0 Å². The van der Waals surface area contributed by atoms with E-state index < -0.39 is 0 Å². The van der Waals surface area contributed by atoms with Crippen molar-refractivity contribution >= 4 is 5.95 Å². The zero-order valence-electron chi connectivity index (χ0n) is 7.18. The van der Waals surface area contributed by atoms with E-state index in [-0.39, 0.29) is 0 Å². The average molecular weight is 175 g/mol. The summed E-state index contributed by atoms with van der Waals surface area (Å²) in [5, 5.41) is 2.87. The largest absolute Gasteiger partial charge is 0.357 e. The summed E-state index contributed by atoms with van der Waals surface area (Å²) >= 11 is 0. The predicted octanol–water partition coefficient (Wildman–Crippen LogP) is 0.704. The summed E-state index contributed by atoms with van der Waals surface area (Å²) in [7, 11) is 1.78. The minimum Gasteiger partial charge on any atom is -0.357 e. The lowest BCUT2D eigenvalue weighted by Crippen LogP contribution is -2.00. The second kappa shape index (κ2) is 3.22. The number of rotatable bonds is 2. The number of nitrogens with one attached hydrogen (secondary N) is 1. The van der Waals surface area contributed by atoms with E-state index in [1.54, 1.807) is 25.8 Å². The molecule has 0 spiro atoms. The summed E-state index contributed by atoms with van der Waals surface area (Å²) in [4.78, 5) is 12.2. The zero-order valence-corrected chi connectivity index (χ0v) is 7.18. The molecule has 2 aromatic heterocycles. The Kier molecular flexibility index (Phi) is 1.91. The number of nitrogens with zero attached hydrogens (tertiary/aromatic N) is 4. The van der Waals surface area contributed by atoms with Gasteiger partial charge >= 0.3 is 0 Å². The molecule has 66 valence electrons. The smallest absolute Gasteiger partial charge is 0.224 e. The third-order valence-corrected chi connectivity index (χ3v) is 1.63. The van der Waals surface area contributed by atoms with Crippen molar-refractivity contribution in [2.45, 2.75) is 0 Å². The van der Waals surface area contributed by atoms with Gasteiger partial charge in [-0.3, -0.25) is 4.57 Å². The lowest BCUT2D eigenvalue weighted by Gasteiger charge is -2.02. The lowest BCUT2D eigenvalue weighted by molar-refractivity contribution is 0.972. The fourth-order valence-corrected chi connectivity index (χ4v) is 1.01. The normalized spacial score (nSPS) is 9.92. The Morgan fingerprint density at radius 3 is 3.00 bits per heavy atom. The Hall–Kier alpha value is -1.91. The third-order valence-electron chi connectivity index (χ3n) is 1.63. The highest BCUT2D eigenvalue weighted by Gasteiger charge is 1.97. The van der Waals surface area contributed by atoms with Crippen LogP contribution >= 0.6 is 0 Å². The zero-order chi connectivity index (χ0) is 9.10. The Labute approximate surface area is 75.5 Å². The molecule has 0 radical (unpaired) electrons. The first-order chi connectivity index (χ1) is 6.40. The molecular formula is C8H9N5. The molecule has 0 saturated carbocycles. The van der Waals surface area contributed by atoms with Crippen molar-refractivity contribution in [3.05, 3.63) is 31.0 Å². The van der Waals surface area contributed by atoms with E-state index in [4.69, 9.17) is 0 Å². The van der Waals surface area contributed by atoms with Crippen LogP contribution in [0.15, 0.2) is 31.0 Å². The standard InChI is InChI=1S/C8H9N5/c1-9-8-11-3-2-7(12-8)13-5-4-10-6-13/h2-6H,1H3,(H,9,11,12). The predicted molar refractivity (Wildman–Crippen MR) is 48.7 cm³/mol. The first kappa shape index (κ1) is 7.72. The second-order valence-corrected chi connectivity index (χ2v) is 2.46. The van der Waals surface area contributed by atoms with Crippen molar-refractivity contribution in [3.8, 4) is 5.82 Å². The van der Waals surface area contributed by atoms with Crippen LogP contribution in [0.1, 0.15) is 0 Å². The molecule has 2 heterocycles. The summed E-state index contributed by atoms with van der Waals surface area (Å²) in [6.07, 6.45) is 6.94. The van der Waals surface area contributed by atoms with Gasteiger partial charge in [-0.1, -0.05) is 0 Å². The summed E-state index contributed by atoms with van der Waals surface area (Å²) in [6.45, 7) is 0. The molecule has 0 bridgehead atoms. The van der Waals surface area contributed by atoms with Crippen molar-refractivity contribution in [2.75, 3.05) is 12.4 Å². The van der Waals surface area contributed by atoms with Crippen LogP contribution in [0.2, 0.25) is 0 Å². The van der Waals surface area contributed by atoms with Gasteiger partial charge in [-0.2, -0.15) is 4.98 Å². The SMILES string of the molecule is CNc1nccc(-n2ccnc2)n1. The lowest BCUT2D eigenvalue weighted by atomic mass is 10.5. The molecule has 0 aliphatic heterocycles. The molecule has 0 atom stereocenters. The summed E-state index contributed by atoms with van der Waals surface area (Å²) in [5.74, 6) is 1.41. The minimum absolute atomic E-state index is 0.603. The van der Waals surface area contributed by atoms with Crippen molar-refractivity contribution < 1.29 is 0 Å². The molecule has 0 amide bonds. The molecule has 2 rings (SSSR count). The fraction of sp³-hybridized carbons (Fsp3) is 0.125. The van der Waals surface area contributed by atoms with Crippen molar-refractivity contribution in [1.82, 2.24) is 19.5 Å². The molecule has 0 aromatic carbocycles. The van der Waals surface area contributed by atoms with Crippen LogP contribution in [0, 0.1) is 0 Å². The van der Waals surface area contributed by atoms with E-state index in [0.29, 0.717) is 5.95 Å². The topological polar surface area (TPSA) is 55.6 Å². The van der Waals surface area contributed by atoms with E-state index in [1.807, 2.05) is 16.8 Å². The van der Waals surface area contributed by atoms with Crippen LogP contribution in [0.25, 0.3) is 5.82 Å². The highest BCUT2D eigenvalue weighted by atomic mass is 15.2. The van der Waals surface area contributed by atoms with Gasteiger partial charge in [0, 0.05) is 25.6 Å². The molecule has 5 nitrogen and oxygen atoms in total. The molecule has 0 saturated heterocycles. The number of imidazole rings is 1. The number of aromatic nitrogens is 4. The maximum atomic E-state index is 4.23. The summed E-state index contributed by atoms with van der Waals surface area (Å²) < 4.78 is 1.82. The van der Waals surface area contributed by atoms with Gasteiger partial charge in [0.15, 0.2) is 0 Å². The maximum Gasteiger partial charge on any atom is 0.224 e. The third kappa shape index (κ3) is 1.48. The summed E-state index contributed by atoms with van der Waals surface area (Å²) in [5.41, 5.74) is 0. The van der Waals surface area contributed by atoms with Crippen molar-refractivity contribution in [1.29, 1.82) is 0 Å². The Morgan fingerprint density at radius 1 is 1.38 bits per heavy atom. The van der Waals surface area contributed by atoms with E-state index >= 15 is 0 Å². The van der Waals surface area contributed by atoms with E-state index in [9.17, 15) is 0 Å². The second-order valence-electron chi connectivity index (χ2n) is 2.46. The molecule has 0 aliphatic rings. The average Bonchev–Trinajstić information content (AvgIpc) is 2.71. The molecule has 5 heteroatoms. The van der Waals surface area contributed by atoms with E-state index in [1.165, 1.54) is 0 Å². The van der Waals surface area contributed by atoms with Crippen LogP contribution < -0.4 is 5.32 Å². The molecule has 0 unspecified atom stereocenters. The van der Waals surface area contributed by atoms with Gasteiger partial charge in [-0.15, -0.1) is 0 Å². The molecular weight excluding hydrogens is 166 g/mol. The molecule has 2 aromatic rings. The number of hydrogen-bond acceptors (Lipinski definition) is 4. The molecule has 1 N–H and O–H groups in total. The van der Waals surface area contributed by atoms with Gasteiger partial charge in [0.25, 0.3) is 0 Å². The van der Waals surface area contributed by atoms with E-state index in [2.05, 4.69) is 20.3 Å². The molecule has 0 fully saturated rings. The molecule has 0 aliphatic carbocycles. The van der Waals surface area contributed by atoms with Gasteiger partial charge in [-0.05, 0) is 6.07 Å².